The summed E-state index contributed by atoms with van der Waals surface area (Å²) in [4.78, 5) is 58.5. The molecule has 0 fully saturated rings. The van der Waals surface area contributed by atoms with Crippen LogP contribution in [-0.4, -0.2) is 58.0 Å². The predicted molar refractivity (Wildman–Crippen MR) is 213 cm³/mol. The number of aryl methyl sites for hydroxylation is 1. The summed E-state index contributed by atoms with van der Waals surface area (Å²) < 4.78 is 103. The fourth-order valence-corrected chi connectivity index (χ4v) is 6.91. The van der Waals surface area contributed by atoms with Crippen LogP contribution in [0.2, 0.25) is 5.02 Å². The molecule has 1 aromatic heterocycles. The van der Waals surface area contributed by atoms with Gasteiger partial charge in [0.05, 0.1) is 29.7 Å². The normalized spacial score (nSPS) is 14.3. The van der Waals surface area contributed by atoms with Gasteiger partial charge in [-0.1, -0.05) is 84.4 Å². The number of hydrogen-bond acceptors (Lipinski definition) is 5. The van der Waals surface area contributed by atoms with Crippen LogP contribution < -0.4 is 16.0 Å². The predicted octanol–water partition coefficient (Wildman–Crippen LogP) is 8.63. The van der Waals surface area contributed by atoms with E-state index in [9.17, 15) is 49.9 Å². The average Bonchev–Trinajstić information content (AvgIpc) is 3.60. The van der Waals surface area contributed by atoms with Gasteiger partial charge in [0.15, 0.2) is 16.6 Å². The number of nitrogens with zero attached hydrogens (tertiary/aromatic N) is 2. The zero-order chi connectivity index (χ0) is 44.8. The Morgan fingerprint density at radius 1 is 0.721 bits per heavy atom. The molecule has 0 spiro atoms. The molecule has 61 heavy (non-hydrogen) atoms. The Labute approximate surface area is 351 Å². The lowest BCUT2D eigenvalue weighted by molar-refractivity contribution is -0.192. The molecular formula is C44H41ClF7N5O4. The summed E-state index contributed by atoms with van der Waals surface area (Å²) >= 11 is 6.25. The maximum atomic E-state index is 14.7. The minimum Gasteiger partial charge on any atom is -0.355 e. The number of halogens is 8. The summed E-state index contributed by atoms with van der Waals surface area (Å²) in [7, 11) is 0. The van der Waals surface area contributed by atoms with Crippen molar-refractivity contribution in [3.05, 3.63) is 154 Å². The van der Waals surface area contributed by atoms with Crippen LogP contribution in [0.25, 0.3) is 5.69 Å². The van der Waals surface area contributed by atoms with Crippen molar-refractivity contribution in [1.29, 1.82) is 0 Å². The molecule has 0 saturated carbocycles. The molecule has 0 unspecified atom stereocenters. The van der Waals surface area contributed by atoms with E-state index in [0.717, 1.165) is 25.1 Å². The Morgan fingerprint density at radius 2 is 1.28 bits per heavy atom. The fourth-order valence-electron chi connectivity index (χ4n) is 6.73. The first-order valence-electron chi connectivity index (χ1n) is 19.0. The summed E-state index contributed by atoms with van der Waals surface area (Å²) in [5.41, 5.74) is -6.42. The van der Waals surface area contributed by atoms with Gasteiger partial charge in [0.25, 0.3) is 0 Å². The van der Waals surface area contributed by atoms with Gasteiger partial charge in [0.2, 0.25) is 17.7 Å². The van der Waals surface area contributed by atoms with Gasteiger partial charge in [0, 0.05) is 17.1 Å². The van der Waals surface area contributed by atoms with Crippen LogP contribution in [0.4, 0.5) is 30.7 Å². The zero-order valence-corrected chi connectivity index (χ0v) is 33.8. The Morgan fingerprint density at radius 3 is 1.85 bits per heavy atom. The summed E-state index contributed by atoms with van der Waals surface area (Å²) in [5.74, 6) is -4.94. The molecule has 0 aliphatic carbocycles. The fraction of sp³-hybridized carbons (Fsp3) is 0.295. The van der Waals surface area contributed by atoms with E-state index in [0.29, 0.717) is 12.7 Å². The first-order chi connectivity index (χ1) is 28.7. The first kappa shape index (κ1) is 46.0. The molecule has 5 aromatic rings. The lowest BCUT2D eigenvalue weighted by Gasteiger charge is -2.33. The highest BCUT2D eigenvalue weighted by molar-refractivity contribution is 6.31. The SMILES string of the molecule is Cc1ncc(CNC(=O)[C@H](CCCCNC(=O)[C@](C)(c2ccccc2)C(F)(F)F)NC(=O)[C@](C)(c2ccccc2)C(F)(F)F)n1-c1ccc(Cl)cc1C(=O)c1ccccc1F. The third-order valence-electron chi connectivity index (χ3n) is 10.6. The van der Waals surface area contributed by atoms with Crippen molar-refractivity contribution < 1.29 is 49.9 Å². The number of benzene rings is 4. The highest BCUT2D eigenvalue weighted by Gasteiger charge is 2.59. The topological polar surface area (TPSA) is 122 Å². The monoisotopic (exact) mass is 871 g/mol. The van der Waals surface area contributed by atoms with Gasteiger partial charge in [-0.25, -0.2) is 9.37 Å². The number of aromatic nitrogens is 2. The van der Waals surface area contributed by atoms with Crippen LogP contribution in [-0.2, 0) is 31.8 Å². The van der Waals surface area contributed by atoms with Gasteiger partial charge < -0.3 is 16.0 Å². The number of hydrogen-bond donors (Lipinski definition) is 3. The van der Waals surface area contributed by atoms with E-state index in [4.69, 9.17) is 11.6 Å². The van der Waals surface area contributed by atoms with E-state index in [2.05, 4.69) is 20.9 Å². The number of alkyl halides is 6. The largest absolute Gasteiger partial charge is 0.406 e. The first-order valence-corrected chi connectivity index (χ1v) is 19.3. The van der Waals surface area contributed by atoms with Crippen LogP contribution in [0, 0.1) is 12.7 Å². The highest BCUT2D eigenvalue weighted by atomic mass is 35.5. The quantitative estimate of drug-likeness (QED) is 0.0521. The molecule has 0 bridgehead atoms. The minimum atomic E-state index is -5.12. The molecular weight excluding hydrogens is 831 g/mol. The molecule has 1 heterocycles. The number of carbonyl (C=O) groups excluding carboxylic acids is 4. The Kier molecular flexibility index (Phi) is 14.1. The highest BCUT2D eigenvalue weighted by Crippen LogP contribution is 2.42. The van der Waals surface area contributed by atoms with E-state index in [1.165, 1.54) is 95.7 Å². The van der Waals surface area contributed by atoms with Crippen molar-refractivity contribution in [2.45, 2.75) is 75.8 Å². The molecule has 0 aliphatic rings. The number of carbonyl (C=O) groups is 4. The van der Waals surface area contributed by atoms with E-state index >= 15 is 0 Å². The number of imidazole rings is 1. The van der Waals surface area contributed by atoms with E-state index < -0.39 is 64.1 Å². The Balaban J connectivity index is 1.38. The van der Waals surface area contributed by atoms with Gasteiger partial charge >= 0.3 is 12.4 Å². The molecule has 322 valence electrons. The van der Waals surface area contributed by atoms with E-state index in [1.54, 1.807) is 6.92 Å². The summed E-state index contributed by atoms with van der Waals surface area (Å²) in [6, 6.07) is 21.0. The number of unbranched alkanes of at least 4 members (excludes halogenated alkanes) is 1. The Bertz CT molecular complexity index is 2370. The lowest BCUT2D eigenvalue weighted by atomic mass is 9.80. The smallest absolute Gasteiger partial charge is 0.355 e. The lowest BCUT2D eigenvalue weighted by Crippen LogP contribution is -2.57. The van der Waals surface area contributed by atoms with Crippen molar-refractivity contribution in [3.63, 3.8) is 0 Å². The molecule has 3 amide bonds. The second kappa shape index (κ2) is 18.7. The summed E-state index contributed by atoms with van der Waals surface area (Å²) in [6.07, 6.45) is -9.06. The summed E-state index contributed by atoms with van der Waals surface area (Å²) in [6.45, 7) is 2.40. The second-order valence-electron chi connectivity index (χ2n) is 14.6. The molecule has 0 saturated heterocycles. The molecule has 3 atom stereocenters. The van der Waals surface area contributed by atoms with Gasteiger partial charge in [-0.3, -0.25) is 23.7 Å². The zero-order valence-electron chi connectivity index (χ0n) is 33.1. The second-order valence-corrected chi connectivity index (χ2v) is 15.0. The van der Waals surface area contributed by atoms with Crippen LogP contribution >= 0.6 is 11.6 Å². The van der Waals surface area contributed by atoms with Gasteiger partial charge in [-0.2, -0.15) is 26.3 Å². The molecule has 4 aromatic carbocycles. The third-order valence-corrected chi connectivity index (χ3v) is 10.8. The minimum absolute atomic E-state index is 0.00447. The van der Waals surface area contributed by atoms with E-state index in [1.807, 2.05) is 0 Å². The van der Waals surface area contributed by atoms with Crippen LogP contribution in [0.1, 0.15) is 71.7 Å². The van der Waals surface area contributed by atoms with Crippen molar-refractivity contribution in [3.8, 4) is 5.69 Å². The van der Waals surface area contributed by atoms with Crippen LogP contribution in [0.3, 0.4) is 0 Å². The molecule has 5 rings (SSSR count). The number of amides is 3. The van der Waals surface area contributed by atoms with Gasteiger partial charge in [-0.05, 0) is 81.5 Å². The molecule has 17 heteroatoms. The molecule has 3 N–H and O–H groups in total. The van der Waals surface area contributed by atoms with E-state index in [-0.39, 0.29) is 65.4 Å². The van der Waals surface area contributed by atoms with Crippen molar-refractivity contribution in [2.24, 2.45) is 0 Å². The van der Waals surface area contributed by atoms with Crippen molar-refractivity contribution in [2.75, 3.05) is 6.54 Å². The van der Waals surface area contributed by atoms with Crippen LogP contribution in [0.5, 0.6) is 0 Å². The van der Waals surface area contributed by atoms with Gasteiger partial charge in [0.1, 0.15) is 17.7 Å². The van der Waals surface area contributed by atoms with Crippen molar-refractivity contribution in [1.82, 2.24) is 25.5 Å². The number of nitrogens with one attached hydrogen (secondary N) is 3. The van der Waals surface area contributed by atoms with Gasteiger partial charge in [-0.15, -0.1) is 0 Å². The summed E-state index contributed by atoms with van der Waals surface area (Å²) in [5, 5.41) is 7.30. The molecule has 9 nitrogen and oxygen atoms in total. The Hall–Kier alpha value is -6.03. The molecule has 0 radical (unpaired) electrons. The average molecular weight is 872 g/mol. The number of ketones is 1. The standard InChI is InChI=1S/C44H41ClF7N5O4/c1-27-54-25-31(57(27)36-22-21-30(45)24-33(36)37(58)32-18-10-11-19-34(32)46)26-55-38(59)35(56-40(61)42(3,44(50,51)52)29-16-8-5-9-17-29)20-12-13-23-53-39(60)41(2,43(47,48)49)28-14-6-4-7-15-28/h4-11,14-19,21-22,24-25,35H,12-13,20,23,26H2,1-3H3,(H,53,60)(H,55,59)(H,56,61)/t35-,41-,42-/m0/s1. The third kappa shape index (κ3) is 9.80. The number of rotatable bonds is 16. The molecule has 0 aliphatic heterocycles. The maximum Gasteiger partial charge on any atom is 0.406 e. The van der Waals surface area contributed by atoms with Crippen molar-refractivity contribution >= 4 is 35.1 Å². The van der Waals surface area contributed by atoms with Crippen LogP contribution in [0.15, 0.2) is 109 Å². The maximum absolute atomic E-state index is 14.7.